The third-order valence-corrected chi connectivity index (χ3v) is 11.7. The van der Waals surface area contributed by atoms with Crippen LogP contribution in [0.2, 0.25) is 0 Å². The van der Waals surface area contributed by atoms with Crippen LogP contribution >= 0.6 is 0 Å². The van der Waals surface area contributed by atoms with Crippen LogP contribution in [0.1, 0.15) is 62.4 Å². The highest BCUT2D eigenvalue weighted by molar-refractivity contribution is 6.16. The van der Waals surface area contributed by atoms with E-state index in [1.807, 2.05) is 0 Å². The van der Waals surface area contributed by atoms with Gasteiger partial charge in [0.1, 0.15) is 0 Å². The van der Waals surface area contributed by atoms with Gasteiger partial charge >= 0.3 is 0 Å². The summed E-state index contributed by atoms with van der Waals surface area (Å²) in [6.45, 7) is 11.8. The summed E-state index contributed by atoms with van der Waals surface area (Å²) in [7, 11) is 0. The largest absolute Gasteiger partial charge is 0.0619 e. The fraction of sp³-hybridized carbons (Fsp3) is 0.160. The molecule has 0 radical (unpaired) electrons. The van der Waals surface area contributed by atoms with Gasteiger partial charge in [-0.05, 0) is 141 Å². The maximum absolute atomic E-state index is 2.50. The van der Waals surface area contributed by atoms with Crippen LogP contribution in [0, 0.1) is 0 Å². The Balaban J connectivity index is 1.14. The van der Waals surface area contributed by atoms with Crippen molar-refractivity contribution in [3.05, 3.63) is 167 Å². The average Bonchev–Trinajstić information content (AvgIpc) is 3.59. The van der Waals surface area contributed by atoms with Gasteiger partial charge in [-0.1, -0.05) is 150 Å². The monoisotopic (exact) mass is 640 g/mol. The van der Waals surface area contributed by atoms with E-state index in [0.29, 0.717) is 0 Å². The Morgan fingerprint density at radius 2 is 1.10 bits per heavy atom. The maximum Gasteiger partial charge on any atom is 0.0159 e. The quantitative estimate of drug-likeness (QED) is 0.165. The first kappa shape index (κ1) is 29.5. The molecule has 8 aromatic rings. The van der Waals surface area contributed by atoms with Crippen molar-refractivity contribution >= 4 is 32.3 Å². The summed E-state index contributed by atoms with van der Waals surface area (Å²) in [5, 5.41) is 7.87. The lowest BCUT2D eigenvalue weighted by atomic mass is 9.77. The Bertz CT molecular complexity index is 2730. The molecule has 240 valence electrons. The predicted molar refractivity (Wildman–Crippen MR) is 214 cm³/mol. The topological polar surface area (TPSA) is 0 Å². The molecule has 0 nitrogen and oxygen atoms in total. The highest BCUT2D eigenvalue weighted by Gasteiger charge is 2.37. The molecule has 8 aromatic carbocycles. The van der Waals surface area contributed by atoms with Crippen molar-refractivity contribution < 1.29 is 0 Å². The van der Waals surface area contributed by atoms with Crippen LogP contribution in [0.3, 0.4) is 0 Å². The van der Waals surface area contributed by atoms with Gasteiger partial charge in [0.2, 0.25) is 0 Å². The van der Waals surface area contributed by atoms with Gasteiger partial charge in [0, 0.05) is 5.41 Å². The molecular formula is C50H40. The zero-order chi connectivity index (χ0) is 33.9. The summed E-state index contributed by atoms with van der Waals surface area (Å²) < 4.78 is 0. The van der Waals surface area contributed by atoms with Crippen molar-refractivity contribution in [1.82, 2.24) is 0 Å². The number of fused-ring (bicyclic) bond motifs is 9. The lowest BCUT2D eigenvalue weighted by molar-refractivity contribution is 0.601. The van der Waals surface area contributed by atoms with E-state index < -0.39 is 0 Å². The minimum Gasteiger partial charge on any atom is -0.0619 e. The van der Waals surface area contributed by atoms with Crippen molar-refractivity contribution in [2.75, 3.05) is 0 Å². The highest BCUT2D eigenvalue weighted by Crippen LogP contribution is 2.52. The third kappa shape index (κ3) is 4.18. The van der Waals surface area contributed by atoms with Crippen LogP contribution in [0.4, 0.5) is 0 Å². The molecule has 0 bridgehead atoms. The SMILES string of the molecule is CC(C)(C)c1c2ccccc2c(-c2ccc3ccccc3c2)c2ccc(-c3ccc4c(c3)Cc3cc5c(cc3-4)C(C)(C)c3ccccc3-5)cc12. The van der Waals surface area contributed by atoms with Crippen LogP contribution in [-0.2, 0) is 17.3 Å². The second kappa shape index (κ2) is 10.3. The Labute approximate surface area is 295 Å². The molecule has 0 heterocycles. The van der Waals surface area contributed by atoms with Crippen molar-refractivity contribution in [3.8, 4) is 44.5 Å². The van der Waals surface area contributed by atoms with Gasteiger partial charge in [0.25, 0.3) is 0 Å². The van der Waals surface area contributed by atoms with Gasteiger partial charge in [-0.15, -0.1) is 0 Å². The standard InChI is InChI=1S/C50H40/c1-49(2,3)48-41-16-9-8-15-39(41)47(34-19-18-30-12-6-7-13-31(30)24-34)40-23-21-33(27-44(40)48)32-20-22-37-35(25-32)26-36-28-43-38-14-10-11-17-45(38)50(4,5)46(43)29-42(36)37/h6-25,27-29H,26H2,1-5H3. The van der Waals surface area contributed by atoms with E-state index in [9.17, 15) is 0 Å². The summed E-state index contributed by atoms with van der Waals surface area (Å²) in [4.78, 5) is 0. The fourth-order valence-corrected chi connectivity index (χ4v) is 9.40. The van der Waals surface area contributed by atoms with E-state index >= 15 is 0 Å². The zero-order valence-corrected chi connectivity index (χ0v) is 29.5. The Morgan fingerprint density at radius 3 is 1.94 bits per heavy atom. The molecule has 0 unspecified atom stereocenters. The first-order chi connectivity index (χ1) is 24.2. The lowest BCUT2D eigenvalue weighted by Gasteiger charge is -2.26. The van der Waals surface area contributed by atoms with Crippen molar-refractivity contribution in [3.63, 3.8) is 0 Å². The molecule has 0 heteroatoms. The average molecular weight is 641 g/mol. The van der Waals surface area contributed by atoms with Crippen LogP contribution in [0.5, 0.6) is 0 Å². The van der Waals surface area contributed by atoms with Crippen LogP contribution in [-0.4, -0.2) is 0 Å². The Kier molecular flexibility index (Phi) is 6.06. The van der Waals surface area contributed by atoms with Crippen molar-refractivity contribution in [2.24, 2.45) is 0 Å². The second-order valence-electron chi connectivity index (χ2n) is 16.1. The normalized spacial score (nSPS) is 14.2. The molecule has 2 aliphatic carbocycles. The molecule has 0 fully saturated rings. The van der Waals surface area contributed by atoms with E-state index in [-0.39, 0.29) is 10.8 Å². The smallest absolute Gasteiger partial charge is 0.0159 e. The van der Waals surface area contributed by atoms with Crippen molar-refractivity contribution in [1.29, 1.82) is 0 Å². The molecule has 0 atom stereocenters. The van der Waals surface area contributed by atoms with E-state index in [1.54, 1.807) is 0 Å². The molecule has 2 aliphatic rings. The molecule has 0 spiro atoms. The molecular weight excluding hydrogens is 601 g/mol. The molecule has 0 saturated heterocycles. The summed E-state index contributed by atoms with van der Waals surface area (Å²) in [5.41, 5.74) is 17.9. The van der Waals surface area contributed by atoms with Gasteiger partial charge in [0.05, 0.1) is 0 Å². The Morgan fingerprint density at radius 1 is 0.440 bits per heavy atom. The molecule has 0 amide bonds. The first-order valence-electron chi connectivity index (χ1n) is 18.1. The van der Waals surface area contributed by atoms with Crippen LogP contribution in [0.25, 0.3) is 76.8 Å². The van der Waals surface area contributed by atoms with E-state index in [0.717, 1.165) is 6.42 Å². The number of hydrogen-bond acceptors (Lipinski definition) is 0. The predicted octanol–water partition coefficient (Wildman–Crippen LogP) is 13.7. The van der Waals surface area contributed by atoms with Crippen molar-refractivity contribution in [2.45, 2.75) is 51.9 Å². The van der Waals surface area contributed by atoms with Gasteiger partial charge < -0.3 is 0 Å². The molecule has 0 aromatic heterocycles. The molecule has 0 N–H and O–H groups in total. The minimum absolute atomic E-state index is 0.00931. The van der Waals surface area contributed by atoms with Crippen LogP contribution in [0.15, 0.2) is 140 Å². The summed E-state index contributed by atoms with van der Waals surface area (Å²) in [6.07, 6.45) is 0.978. The molecule has 0 aliphatic heterocycles. The first-order valence-corrected chi connectivity index (χ1v) is 18.1. The number of rotatable bonds is 2. The lowest BCUT2D eigenvalue weighted by Crippen LogP contribution is -2.15. The zero-order valence-electron chi connectivity index (χ0n) is 29.5. The van der Waals surface area contributed by atoms with E-state index in [4.69, 9.17) is 0 Å². The van der Waals surface area contributed by atoms with Gasteiger partial charge in [-0.3, -0.25) is 0 Å². The minimum atomic E-state index is -0.0369. The second-order valence-corrected chi connectivity index (χ2v) is 16.1. The third-order valence-electron chi connectivity index (χ3n) is 11.7. The molecule has 0 saturated carbocycles. The van der Waals surface area contributed by atoms with Gasteiger partial charge in [0.15, 0.2) is 0 Å². The van der Waals surface area contributed by atoms with E-state index in [1.165, 1.54) is 105 Å². The summed E-state index contributed by atoms with van der Waals surface area (Å²) in [5.74, 6) is 0. The Hall–Kier alpha value is -5.46. The van der Waals surface area contributed by atoms with Gasteiger partial charge in [-0.25, -0.2) is 0 Å². The number of hydrogen-bond donors (Lipinski definition) is 0. The maximum atomic E-state index is 2.50. The fourth-order valence-electron chi connectivity index (χ4n) is 9.40. The number of benzene rings is 8. The van der Waals surface area contributed by atoms with E-state index in [2.05, 4.69) is 174 Å². The summed E-state index contributed by atoms with van der Waals surface area (Å²) in [6, 6.07) is 53.1. The highest BCUT2D eigenvalue weighted by atomic mass is 14.4. The molecule has 50 heavy (non-hydrogen) atoms. The van der Waals surface area contributed by atoms with Crippen LogP contribution < -0.4 is 0 Å². The summed E-state index contributed by atoms with van der Waals surface area (Å²) >= 11 is 0. The molecule has 10 rings (SSSR count). The van der Waals surface area contributed by atoms with Gasteiger partial charge in [-0.2, -0.15) is 0 Å².